The van der Waals surface area contributed by atoms with Crippen LogP contribution in [0.4, 0.5) is 5.82 Å². The van der Waals surface area contributed by atoms with E-state index in [1.165, 1.54) is 6.42 Å². The molecule has 1 aromatic heterocycles. The van der Waals surface area contributed by atoms with Crippen LogP contribution in [0, 0.1) is 13.8 Å². The molecular weight excluding hydrogens is 212 g/mol. The Morgan fingerprint density at radius 1 is 1.41 bits per heavy atom. The van der Waals surface area contributed by atoms with Gasteiger partial charge in [0.1, 0.15) is 5.82 Å². The van der Waals surface area contributed by atoms with Crippen LogP contribution in [0.5, 0.6) is 0 Å². The van der Waals surface area contributed by atoms with Crippen molar-refractivity contribution in [1.82, 2.24) is 15.3 Å². The van der Waals surface area contributed by atoms with Crippen molar-refractivity contribution >= 4 is 5.82 Å². The van der Waals surface area contributed by atoms with Gasteiger partial charge in [0.05, 0.1) is 17.6 Å². The first kappa shape index (κ1) is 12.3. The molecule has 1 atom stereocenters. The summed E-state index contributed by atoms with van der Waals surface area (Å²) in [5, 5.41) is 3.42. The Bertz CT molecular complexity index is 372. The lowest BCUT2D eigenvalue weighted by Gasteiger charge is -2.29. The molecule has 2 rings (SSSR count). The maximum atomic E-state index is 4.67. The summed E-state index contributed by atoms with van der Waals surface area (Å²) in [6.45, 7) is 9.49. The number of nitrogens with zero attached hydrogens (tertiary/aromatic N) is 3. The first-order valence-electron chi connectivity index (χ1n) is 6.50. The Morgan fingerprint density at radius 3 is 2.82 bits per heavy atom. The second-order valence-corrected chi connectivity index (χ2v) is 4.74. The first-order valence-corrected chi connectivity index (χ1v) is 6.50. The molecular formula is C13H22N4. The molecule has 1 fully saturated rings. The fourth-order valence-corrected chi connectivity index (χ4v) is 2.30. The molecule has 0 radical (unpaired) electrons. The van der Waals surface area contributed by atoms with Gasteiger partial charge >= 0.3 is 0 Å². The minimum Gasteiger partial charge on any atom is -0.351 e. The monoisotopic (exact) mass is 234 g/mol. The van der Waals surface area contributed by atoms with E-state index in [9.17, 15) is 0 Å². The van der Waals surface area contributed by atoms with Crippen LogP contribution in [0.3, 0.4) is 0 Å². The Balaban J connectivity index is 2.21. The summed E-state index contributed by atoms with van der Waals surface area (Å²) in [4.78, 5) is 11.5. The van der Waals surface area contributed by atoms with Gasteiger partial charge in [-0.2, -0.15) is 0 Å². The summed E-state index contributed by atoms with van der Waals surface area (Å²) < 4.78 is 0. The van der Waals surface area contributed by atoms with Gasteiger partial charge in [0.15, 0.2) is 0 Å². The SMILES string of the molecule is CCCN(c1cnc(C)c(C)n1)C1CCNC1. The summed E-state index contributed by atoms with van der Waals surface area (Å²) in [5.74, 6) is 1.03. The quantitative estimate of drug-likeness (QED) is 0.860. The van der Waals surface area contributed by atoms with E-state index in [2.05, 4.69) is 27.1 Å². The third kappa shape index (κ3) is 2.75. The third-order valence-electron chi connectivity index (χ3n) is 3.41. The summed E-state index contributed by atoms with van der Waals surface area (Å²) in [6, 6.07) is 0.575. The van der Waals surface area contributed by atoms with Gasteiger partial charge in [0.2, 0.25) is 0 Å². The fourth-order valence-electron chi connectivity index (χ4n) is 2.30. The number of aromatic nitrogens is 2. The molecule has 94 valence electrons. The van der Waals surface area contributed by atoms with Crippen molar-refractivity contribution in [3.63, 3.8) is 0 Å². The molecule has 17 heavy (non-hydrogen) atoms. The van der Waals surface area contributed by atoms with Gasteiger partial charge in [0.25, 0.3) is 0 Å². The second-order valence-electron chi connectivity index (χ2n) is 4.74. The molecule has 0 aliphatic carbocycles. The van der Waals surface area contributed by atoms with Crippen LogP contribution in [-0.2, 0) is 0 Å². The number of rotatable bonds is 4. The van der Waals surface area contributed by atoms with Crippen LogP contribution in [0.2, 0.25) is 0 Å². The number of nitrogens with one attached hydrogen (secondary N) is 1. The molecule has 0 saturated carbocycles. The molecule has 4 nitrogen and oxygen atoms in total. The van der Waals surface area contributed by atoms with Crippen molar-refractivity contribution in [2.45, 2.75) is 39.7 Å². The van der Waals surface area contributed by atoms with E-state index in [1.807, 2.05) is 20.0 Å². The standard InChI is InChI=1S/C13H22N4/c1-4-7-17(12-5-6-14-8-12)13-9-15-10(2)11(3)16-13/h9,12,14H,4-8H2,1-3H3. The van der Waals surface area contributed by atoms with Gasteiger partial charge in [-0.15, -0.1) is 0 Å². The molecule has 1 N–H and O–H groups in total. The van der Waals surface area contributed by atoms with E-state index in [1.54, 1.807) is 0 Å². The van der Waals surface area contributed by atoms with Crippen molar-refractivity contribution in [1.29, 1.82) is 0 Å². The van der Waals surface area contributed by atoms with Gasteiger partial charge in [-0.25, -0.2) is 4.98 Å². The summed E-state index contributed by atoms with van der Waals surface area (Å²) in [7, 11) is 0. The normalized spacial score (nSPS) is 19.6. The zero-order valence-corrected chi connectivity index (χ0v) is 11.0. The Hall–Kier alpha value is -1.16. The Morgan fingerprint density at radius 2 is 2.24 bits per heavy atom. The van der Waals surface area contributed by atoms with E-state index >= 15 is 0 Å². The van der Waals surface area contributed by atoms with E-state index in [0.717, 1.165) is 43.3 Å². The number of anilines is 1. The topological polar surface area (TPSA) is 41.1 Å². The van der Waals surface area contributed by atoms with Gasteiger partial charge in [-0.05, 0) is 33.2 Å². The van der Waals surface area contributed by atoms with E-state index in [-0.39, 0.29) is 0 Å². The van der Waals surface area contributed by atoms with Crippen LogP contribution in [0.25, 0.3) is 0 Å². The lowest BCUT2D eigenvalue weighted by Crippen LogP contribution is -2.38. The van der Waals surface area contributed by atoms with Crippen LogP contribution >= 0.6 is 0 Å². The average Bonchev–Trinajstić information content (AvgIpc) is 2.83. The number of hydrogen-bond acceptors (Lipinski definition) is 4. The van der Waals surface area contributed by atoms with E-state index in [0.29, 0.717) is 6.04 Å². The molecule has 4 heteroatoms. The zero-order chi connectivity index (χ0) is 12.3. The van der Waals surface area contributed by atoms with Crippen LogP contribution in [0.1, 0.15) is 31.2 Å². The smallest absolute Gasteiger partial charge is 0.147 e. The van der Waals surface area contributed by atoms with Crippen LogP contribution in [0.15, 0.2) is 6.20 Å². The Kier molecular flexibility index (Phi) is 3.94. The summed E-state index contributed by atoms with van der Waals surface area (Å²) >= 11 is 0. The highest BCUT2D eigenvalue weighted by Crippen LogP contribution is 2.18. The van der Waals surface area contributed by atoms with Crippen molar-refractivity contribution in [2.75, 3.05) is 24.5 Å². The highest BCUT2D eigenvalue weighted by molar-refractivity contribution is 5.39. The zero-order valence-electron chi connectivity index (χ0n) is 11.0. The largest absolute Gasteiger partial charge is 0.351 e. The average molecular weight is 234 g/mol. The molecule has 1 aromatic rings. The van der Waals surface area contributed by atoms with E-state index < -0.39 is 0 Å². The Labute approximate surface area is 103 Å². The molecule has 2 heterocycles. The maximum absolute atomic E-state index is 4.67. The predicted molar refractivity (Wildman–Crippen MR) is 70.4 cm³/mol. The molecule has 1 aliphatic rings. The molecule has 1 saturated heterocycles. The third-order valence-corrected chi connectivity index (χ3v) is 3.41. The van der Waals surface area contributed by atoms with Crippen molar-refractivity contribution in [2.24, 2.45) is 0 Å². The molecule has 0 spiro atoms. The van der Waals surface area contributed by atoms with Crippen molar-refractivity contribution < 1.29 is 0 Å². The molecule has 0 bridgehead atoms. The first-order chi connectivity index (χ1) is 8.22. The lowest BCUT2D eigenvalue weighted by molar-refractivity contribution is 0.615. The fraction of sp³-hybridized carbons (Fsp3) is 0.692. The molecule has 0 amide bonds. The molecule has 1 aliphatic heterocycles. The number of aryl methyl sites for hydroxylation is 2. The predicted octanol–water partition coefficient (Wildman–Crippen LogP) is 1.67. The lowest BCUT2D eigenvalue weighted by atomic mass is 10.2. The number of hydrogen-bond donors (Lipinski definition) is 1. The van der Waals surface area contributed by atoms with Crippen LogP contribution < -0.4 is 10.2 Å². The highest BCUT2D eigenvalue weighted by atomic mass is 15.2. The van der Waals surface area contributed by atoms with Crippen molar-refractivity contribution in [3.8, 4) is 0 Å². The molecule has 1 unspecified atom stereocenters. The second kappa shape index (κ2) is 5.45. The minimum absolute atomic E-state index is 0.575. The van der Waals surface area contributed by atoms with Gasteiger partial charge in [0, 0.05) is 19.1 Å². The van der Waals surface area contributed by atoms with E-state index in [4.69, 9.17) is 0 Å². The van der Waals surface area contributed by atoms with Gasteiger partial charge in [-0.1, -0.05) is 6.92 Å². The summed E-state index contributed by atoms with van der Waals surface area (Å²) in [5.41, 5.74) is 2.06. The van der Waals surface area contributed by atoms with Gasteiger partial charge in [-0.3, -0.25) is 4.98 Å². The van der Waals surface area contributed by atoms with Crippen molar-refractivity contribution in [3.05, 3.63) is 17.6 Å². The summed E-state index contributed by atoms with van der Waals surface area (Å²) in [6.07, 6.45) is 4.26. The maximum Gasteiger partial charge on any atom is 0.147 e. The molecule has 0 aromatic carbocycles. The highest BCUT2D eigenvalue weighted by Gasteiger charge is 2.23. The van der Waals surface area contributed by atoms with Crippen LogP contribution in [-0.4, -0.2) is 35.6 Å². The van der Waals surface area contributed by atoms with Gasteiger partial charge < -0.3 is 10.2 Å². The minimum atomic E-state index is 0.575.